The van der Waals surface area contributed by atoms with Gasteiger partial charge in [0.1, 0.15) is 17.1 Å². The molecule has 0 saturated heterocycles. The van der Waals surface area contributed by atoms with Crippen molar-refractivity contribution < 1.29 is 0 Å². The summed E-state index contributed by atoms with van der Waals surface area (Å²) in [6, 6.07) is 5.42. The van der Waals surface area contributed by atoms with Crippen molar-refractivity contribution in [3.63, 3.8) is 0 Å². The van der Waals surface area contributed by atoms with E-state index in [1.807, 2.05) is 12.1 Å². The molecule has 0 amide bonds. The van der Waals surface area contributed by atoms with Gasteiger partial charge >= 0.3 is 0 Å². The number of nitrogens with zero attached hydrogens (tertiary/aromatic N) is 3. The number of nitrogens with one attached hydrogen (secondary N) is 1. The molecule has 0 aliphatic carbocycles. The second-order valence-electron chi connectivity index (χ2n) is 3.35. The maximum absolute atomic E-state index is 5.55. The first-order chi connectivity index (χ1) is 8.25. The molecule has 2 aromatic rings. The van der Waals surface area contributed by atoms with Crippen molar-refractivity contribution in [2.24, 2.45) is 5.73 Å². The standard InChI is InChI=1S/C11H11N5S/c12-11(17)8-1-4-14-10(5-8)15-6-9-2-3-13-7-16-9/h1-5,7H,6H2,(H2,12,17)(H,14,15). The molecule has 5 nitrogen and oxygen atoms in total. The van der Waals surface area contributed by atoms with E-state index >= 15 is 0 Å². The van der Waals surface area contributed by atoms with Gasteiger partial charge in [-0.2, -0.15) is 0 Å². The van der Waals surface area contributed by atoms with Crippen molar-refractivity contribution in [2.45, 2.75) is 6.54 Å². The Kier molecular flexibility index (Phi) is 3.56. The number of rotatable bonds is 4. The molecule has 0 bridgehead atoms. The van der Waals surface area contributed by atoms with Gasteiger partial charge in [0.2, 0.25) is 0 Å². The molecule has 0 radical (unpaired) electrons. The normalized spacial score (nSPS) is 9.88. The lowest BCUT2D eigenvalue weighted by atomic mass is 10.2. The smallest absolute Gasteiger partial charge is 0.126 e. The zero-order valence-electron chi connectivity index (χ0n) is 9.00. The van der Waals surface area contributed by atoms with Crippen molar-refractivity contribution in [1.82, 2.24) is 15.0 Å². The van der Waals surface area contributed by atoms with Crippen molar-refractivity contribution in [1.29, 1.82) is 0 Å². The highest BCUT2D eigenvalue weighted by Crippen LogP contribution is 2.07. The third-order valence-electron chi connectivity index (χ3n) is 2.14. The van der Waals surface area contributed by atoms with Gasteiger partial charge in [-0.1, -0.05) is 12.2 Å². The summed E-state index contributed by atoms with van der Waals surface area (Å²) in [6.45, 7) is 0.580. The van der Waals surface area contributed by atoms with Crippen LogP contribution in [0.3, 0.4) is 0 Å². The maximum Gasteiger partial charge on any atom is 0.126 e. The number of anilines is 1. The Hall–Kier alpha value is -2.08. The van der Waals surface area contributed by atoms with Gasteiger partial charge in [0.25, 0.3) is 0 Å². The molecule has 6 heteroatoms. The average molecular weight is 245 g/mol. The van der Waals surface area contributed by atoms with Crippen molar-refractivity contribution in [3.05, 3.63) is 48.2 Å². The summed E-state index contributed by atoms with van der Waals surface area (Å²) in [5.41, 5.74) is 7.23. The van der Waals surface area contributed by atoms with E-state index in [1.165, 1.54) is 6.33 Å². The second kappa shape index (κ2) is 5.31. The van der Waals surface area contributed by atoms with E-state index in [0.29, 0.717) is 17.4 Å². The predicted octanol–water partition coefficient (Wildman–Crippen LogP) is 1.12. The van der Waals surface area contributed by atoms with Crippen LogP contribution in [-0.4, -0.2) is 19.9 Å². The summed E-state index contributed by atoms with van der Waals surface area (Å²) in [5.74, 6) is 0.717. The Morgan fingerprint density at radius 3 is 2.88 bits per heavy atom. The summed E-state index contributed by atoms with van der Waals surface area (Å²) < 4.78 is 0. The number of hydrogen-bond acceptors (Lipinski definition) is 5. The lowest BCUT2D eigenvalue weighted by Gasteiger charge is -2.06. The first-order valence-corrected chi connectivity index (χ1v) is 5.41. The number of thiocarbonyl (C=S) groups is 1. The van der Waals surface area contributed by atoms with E-state index in [-0.39, 0.29) is 0 Å². The highest BCUT2D eigenvalue weighted by atomic mass is 32.1. The van der Waals surface area contributed by atoms with E-state index in [9.17, 15) is 0 Å². The lowest BCUT2D eigenvalue weighted by Crippen LogP contribution is -2.10. The molecular formula is C11H11N5S. The Bertz CT molecular complexity index is 514. The Labute approximate surface area is 104 Å². The van der Waals surface area contributed by atoms with Crippen LogP contribution in [0.2, 0.25) is 0 Å². The van der Waals surface area contributed by atoms with Gasteiger partial charge in [0.05, 0.1) is 12.2 Å². The van der Waals surface area contributed by atoms with Gasteiger partial charge in [-0.05, 0) is 18.2 Å². The summed E-state index contributed by atoms with van der Waals surface area (Å²) in [6.07, 6.45) is 4.87. The van der Waals surface area contributed by atoms with Gasteiger partial charge in [-0.25, -0.2) is 15.0 Å². The van der Waals surface area contributed by atoms with Gasteiger partial charge < -0.3 is 11.1 Å². The van der Waals surface area contributed by atoms with Crippen LogP contribution in [0.1, 0.15) is 11.3 Å². The third-order valence-corrected chi connectivity index (χ3v) is 2.37. The minimum atomic E-state index is 0.359. The molecular weight excluding hydrogens is 234 g/mol. The summed E-state index contributed by atoms with van der Waals surface area (Å²) in [4.78, 5) is 12.5. The van der Waals surface area contributed by atoms with Crippen LogP contribution >= 0.6 is 12.2 Å². The van der Waals surface area contributed by atoms with Gasteiger partial charge in [0.15, 0.2) is 0 Å². The second-order valence-corrected chi connectivity index (χ2v) is 3.79. The van der Waals surface area contributed by atoms with Crippen molar-refractivity contribution in [3.8, 4) is 0 Å². The Morgan fingerprint density at radius 1 is 1.29 bits per heavy atom. The largest absolute Gasteiger partial charge is 0.389 e. The number of aromatic nitrogens is 3. The average Bonchev–Trinajstić information content (AvgIpc) is 2.38. The molecule has 86 valence electrons. The fourth-order valence-corrected chi connectivity index (χ4v) is 1.41. The molecule has 2 aromatic heterocycles. The number of hydrogen-bond donors (Lipinski definition) is 2. The van der Waals surface area contributed by atoms with Crippen LogP contribution in [0, 0.1) is 0 Å². The van der Waals surface area contributed by atoms with Crippen LogP contribution in [0.5, 0.6) is 0 Å². The van der Waals surface area contributed by atoms with Crippen LogP contribution in [0.25, 0.3) is 0 Å². The van der Waals surface area contributed by atoms with Gasteiger partial charge in [-0.3, -0.25) is 0 Å². The Morgan fingerprint density at radius 2 is 2.18 bits per heavy atom. The fraction of sp³-hybridized carbons (Fsp3) is 0.0909. The van der Waals surface area contributed by atoms with E-state index in [2.05, 4.69) is 20.3 Å². The van der Waals surface area contributed by atoms with Crippen molar-refractivity contribution >= 4 is 23.0 Å². The highest BCUT2D eigenvalue weighted by Gasteiger charge is 1.99. The summed E-state index contributed by atoms with van der Waals surface area (Å²) in [7, 11) is 0. The van der Waals surface area contributed by atoms with Crippen molar-refractivity contribution in [2.75, 3.05) is 5.32 Å². The zero-order valence-corrected chi connectivity index (χ0v) is 9.81. The van der Waals surface area contributed by atoms with E-state index in [0.717, 1.165) is 11.3 Å². The first-order valence-electron chi connectivity index (χ1n) is 5.00. The monoisotopic (exact) mass is 245 g/mol. The molecule has 0 aliphatic heterocycles. The molecule has 0 aliphatic rings. The molecule has 0 atom stereocenters. The fourth-order valence-electron chi connectivity index (χ4n) is 1.28. The topological polar surface area (TPSA) is 76.7 Å². The lowest BCUT2D eigenvalue weighted by molar-refractivity contribution is 0.996. The number of nitrogens with two attached hydrogens (primary N) is 1. The molecule has 0 aromatic carbocycles. The molecule has 2 rings (SSSR count). The van der Waals surface area contributed by atoms with E-state index in [1.54, 1.807) is 18.5 Å². The van der Waals surface area contributed by atoms with E-state index < -0.39 is 0 Å². The Balaban J connectivity index is 2.04. The molecule has 0 unspecified atom stereocenters. The first kappa shape index (κ1) is 11.4. The molecule has 0 fully saturated rings. The SMILES string of the molecule is NC(=S)c1ccnc(NCc2ccncn2)c1. The van der Waals surface area contributed by atoms with Gasteiger partial charge in [0, 0.05) is 18.0 Å². The zero-order chi connectivity index (χ0) is 12.1. The number of pyridine rings is 1. The molecule has 0 spiro atoms. The highest BCUT2D eigenvalue weighted by molar-refractivity contribution is 7.80. The molecule has 17 heavy (non-hydrogen) atoms. The quantitative estimate of drug-likeness (QED) is 0.786. The van der Waals surface area contributed by atoms with Crippen LogP contribution < -0.4 is 11.1 Å². The van der Waals surface area contributed by atoms with Crippen LogP contribution in [0.15, 0.2) is 36.9 Å². The van der Waals surface area contributed by atoms with E-state index in [4.69, 9.17) is 18.0 Å². The van der Waals surface area contributed by atoms with Crippen LogP contribution in [0.4, 0.5) is 5.82 Å². The van der Waals surface area contributed by atoms with Crippen LogP contribution in [-0.2, 0) is 6.54 Å². The maximum atomic E-state index is 5.55. The molecule has 0 saturated carbocycles. The minimum absolute atomic E-state index is 0.359. The minimum Gasteiger partial charge on any atom is -0.389 e. The predicted molar refractivity (Wildman–Crippen MR) is 69.5 cm³/mol. The molecule has 3 N–H and O–H groups in total. The third kappa shape index (κ3) is 3.18. The summed E-state index contributed by atoms with van der Waals surface area (Å²) >= 11 is 4.90. The molecule has 2 heterocycles. The summed E-state index contributed by atoms with van der Waals surface area (Å²) in [5, 5.41) is 3.14. The van der Waals surface area contributed by atoms with Gasteiger partial charge in [-0.15, -0.1) is 0 Å².